The van der Waals surface area contributed by atoms with Gasteiger partial charge in [0.2, 0.25) is 0 Å². The summed E-state index contributed by atoms with van der Waals surface area (Å²) in [6.07, 6.45) is 31.5. The zero-order chi connectivity index (χ0) is 90.1. The molecule has 4 aromatic rings. The van der Waals surface area contributed by atoms with E-state index in [1.807, 2.05) is 48.5 Å². The smallest absolute Gasteiger partial charge is 0.317 e. The third-order valence-electron chi connectivity index (χ3n) is 21.6. The van der Waals surface area contributed by atoms with Crippen LogP contribution in [0.25, 0.3) is 0 Å². The number of ether oxygens (including phenoxy) is 12. The molecular weight excluding hydrogens is 1640 g/mol. The number of unbranched alkanes of at least 4 members (excludes halogenated alkanes) is 9. The lowest BCUT2D eigenvalue weighted by atomic mass is 9.93. The molecule has 124 heavy (non-hydrogen) atoms. The highest BCUT2D eigenvalue weighted by atomic mass is 31.2. The predicted molar refractivity (Wildman–Crippen MR) is 521 cm³/mol. The van der Waals surface area contributed by atoms with E-state index in [1.165, 1.54) is 212 Å². The molecule has 1 aliphatic rings. The summed E-state index contributed by atoms with van der Waals surface area (Å²) in [6, 6.07) is 33.4. The van der Waals surface area contributed by atoms with Gasteiger partial charge in [0.05, 0.1) is 75.2 Å². The molecule has 0 spiro atoms. The molecule has 0 heterocycles. The number of carbonyl (C=O) groups is 8. The standard InChI is InChI=1S/C26H44O5P.C24H38O5P.C24H40O5P.C22H36O5P.4CH3/c1-7-8-9-10-11-12-17-32(5,6)19-24-15-13-23(14-16-24)18-30-25(28)26(3,20-29-4)21-31-22(2)27;1-19(25)29-18-24(2,17-27-3)23(26)28-15-20-11-13-21(14-12-20)16-30(4,5)22-9-7-6-8-10-22;1-7-8-9-10-15-30(5,6)17-22-13-11-21(12-14-22)16-28-23(26)24(3,18-27-4)19-29-20(2)25;1-7-8-13-28(5,6)15-20-11-9-19(10-12-20)14-26-21(24)22(3,16-25-4)17-27-18(2)23;;;;/h13-16H,7-12,17-21H2,1-6H3;11-14,22H,6-10,15-18H2,1-5H3;11-14H,7-10,15-19H2,1-6H3;9-12H,7-8,13-17H2,1-6H3;4*1H3/q4*+1;4*-1. The molecule has 24 heteroatoms. The molecule has 4 unspecified atom stereocenters. The summed E-state index contributed by atoms with van der Waals surface area (Å²) in [4.78, 5) is 94.6. The molecule has 0 amide bonds. The third-order valence-corrected chi connectivity index (χ3v) is 33.5. The molecule has 0 saturated heterocycles. The Morgan fingerprint density at radius 2 is 0.500 bits per heavy atom. The Bertz CT molecular complexity index is 3600. The summed E-state index contributed by atoms with van der Waals surface area (Å²) in [6.45, 7) is 39.3. The van der Waals surface area contributed by atoms with Crippen molar-refractivity contribution in [3.63, 3.8) is 0 Å². The van der Waals surface area contributed by atoms with Gasteiger partial charge < -0.3 is 86.5 Å². The van der Waals surface area contributed by atoms with E-state index < -0.39 is 98.5 Å². The van der Waals surface area contributed by atoms with Crippen LogP contribution >= 0.6 is 29.0 Å². The second-order valence-corrected chi connectivity index (χ2v) is 55.0. The van der Waals surface area contributed by atoms with Crippen LogP contribution in [0.1, 0.15) is 230 Å². The fraction of sp³-hybridized carbons (Fsp3) is 0.640. The highest BCUT2D eigenvalue weighted by molar-refractivity contribution is 7.75. The fourth-order valence-electron chi connectivity index (χ4n) is 14.2. The summed E-state index contributed by atoms with van der Waals surface area (Å²) < 4.78 is 62.6. The van der Waals surface area contributed by atoms with Crippen LogP contribution in [0, 0.1) is 51.4 Å². The summed E-state index contributed by atoms with van der Waals surface area (Å²) in [5, 5.41) is 0. The minimum atomic E-state index is -1.02. The number of hydrogen-bond donors (Lipinski definition) is 0. The largest absolute Gasteiger partial charge is 0.465 e. The summed E-state index contributed by atoms with van der Waals surface area (Å²) in [5.74, 6) is -3.47. The van der Waals surface area contributed by atoms with Crippen LogP contribution in [0.5, 0.6) is 0 Å². The van der Waals surface area contributed by atoms with Crippen molar-refractivity contribution in [2.24, 2.45) is 21.7 Å². The Labute approximate surface area is 755 Å². The molecule has 1 aliphatic carbocycles. The topological polar surface area (TPSA) is 247 Å². The maximum Gasteiger partial charge on any atom is 0.317 e. The minimum absolute atomic E-state index is 0. The number of benzene rings is 4. The minimum Gasteiger partial charge on any atom is -0.465 e. The van der Waals surface area contributed by atoms with Crippen molar-refractivity contribution < 1.29 is 95.2 Å². The van der Waals surface area contributed by atoms with Crippen LogP contribution in [0.4, 0.5) is 0 Å². The van der Waals surface area contributed by atoms with Gasteiger partial charge in [0.25, 0.3) is 0 Å². The summed E-state index contributed by atoms with van der Waals surface area (Å²) >= 11 is 0. The Morgan fingerprint density at radius 3 is 0.734 bits per heavy atom. The third kappa shape index (κ3) is 51.4. The van der Waals surface area contributed by atoms with E-state index >= 15 is 0 Å². The van der Waals surface area contributed by atoms with Gasteiger partial charge in [-0.1, -0.05) is 169 Å². The van der Waals surface area contributed by atoms with Crippen LogP contribution in [0.15, 0.2) is 97.1 Å². The van der Waals surface area contributed by atoms with Gasteiger partial charge >= 0.3 is 47.8 Å². The molecule has 0 aliphatic heterocycles. The highest BCUT2D eigenvalue weighted by Crippen LogP contribution is 2.63. The van der Waals surface area contributed by atoms with E-state index in [1.54, 1.807) is 27.7 Å². The van der Waals surface area contributed by atoms with Gasteiger partial charge in [-0.2, -0.15) is 0 Å². The SMILES string of the molecule is CCCCCCCC[P+](C)(C)Cc1ccc(COC(=O)C(C)(COC)COC(C)=O)cc1.CCCCCC[P+](C)(C)Cc1ccc(COC(=O)C(C)(COC)COC(C)=O)cc1.CCCC[P+](C)(C)Cc1ccc(COC(=O)C(C)(COC)COC(C)=O)cc1.COCC(C)(COC(C)=O)C(=O)OCc1ccc(C[P+](C)(C)C2CCCCC2)cc1.[CH3-].[CH3-].[CH3-].[CH3-]. The van der Waals surface area contributed by atoms with Crippen molar-refractivity contribution in [3.05, 3.63) is 171 Å². The molecule has 710 valence electrons. The average molecular weight is 1820 g/mol. The number of carbonyl (C=O) groups excluding carboxylic acids is 8. The molecule has 0 N–H and O–H groups in total. The average Bonchev–Trinajstić information content (AvgIpc) is 1.09. The van der Waals surface area contributed by atoms with Crippen molar-refractivity contribution in [2.75, 3.05) is 153 Å². The Kier molecular flexibility index (Phi) is 63.2. The molecule has 0 radical (unpaired) electrons. The second kappa shape index (κ2) is 64.0. The monoisotopic (exact) mass is 1820 g/mol. The number of rotatable bonds is 52. The number of hydrogen-bond acceptors (Lipinski definition) is 20. The van der Waals surface area contributed by atoms with Crippen molar-refractivity contribution >= 4 is 76.8 Å². The molecule has 4 aromatic carbocycles. The van der Waals surface area contributed by atoms with Crippen molar-refractivity contribution in [1.29, 1.82) is 0 Å². The van der Waals surface area contributed by atoms with E-state index in [0.29, 0.717) is 0 Å². The van der Waals surface area contributed by atoms with Gasteiger partial charge in [-0.25, -0.2) is 0 Å². The van der Waals surface area contributed by atoms with Crippen LogP contribution in [0.2, 0.25) is 0 Å². The molecule has 5 rings (SSSR count). The van der Waals surface area contributed by atoms with E-state index in [4.69, 9.17) is 56.8 Å². The fourth-order valence-corrected chi connectivity index (χ4v) is 24.8. The molecule has 1 fully saturated rings. The zero-order valence-corrected chi connectivity index (χ0v) is 85.8. The first-order valence-electron chi connectivity index (χ1n) is 43.3. The van der Waals surface area contributed by atoms with E-state index in [0.717, 1.165) is 46.4 Å². The highest BCUT2D eigenvalue weighted by Gasteiger charge is 2.42. The van der Waals surface area contributed by atoms with E-state index in [9.17, 15) is 38.4 Å². The lowest BCUT2D eigenvalue weighted by Crippen LogP contribution is -2.39. The molecule has 1 saturated carbocycles. The molecular formula is C100H170O20P4. The van der Waals surface area contributed by atoms with Crippen LogP contribution in [0.3, 0.4) is 0 Å². The van der Waals surface area contributed by atoms with Gasteiger partial charge in [-0.15, -0.1) is 0 Å². The maximum absolute atomic E-state index is 12.6. The quantitative estimate of drug-likeness (QED) is 0.0131. The van der Waals surface area contributed by atoms with Gasteiger partial charge in [-0.05, 0) is 130 Å². The van der Waals surface area contributed by atoms with Crippen LogP contribution in [-0.2, 0) is 146 Å². The number of methoxy groups -OCH3 is 4. The van der Waals surface area contributed by atoms with Crippen molar-refractivity contribution in [1.82, 2.24) is 0 Å². The van der Waals surface area contributed by atoms with E-state index in [2.05, 4.69) is 123 Å². The lowest BCUT2D eigenvalue weighted by molar-refractivity contribution is -0.168. The van der Waals surface area contributed by atoms with Gasteiger partial charge in [0.15, 0.2) is 0 Å². The van der Waals surface area contributed by atoms with Crippen molar-refractivity contribution in [2.45, 2.75) is 242 Å². The predicted octanol–water partition coefficient (Wildman–Crippen LogP) is 22.8. The lowest BCUT2D eigenvalue weighted by Gasteiger charge is -2.31. The van der Waals surface area contributed by atoms with Gasteiger partial charge in [0, 0.05) is 139 Å². The normalized spacial score (nSPS) is 14.0. The van der Waals surface area contributed by atoms with Crippen molar-refractivity contribution in [3.8, 4) is 0 Å². The molecule has 0 bridgehead atoms. The van der Waals surface area contributed by atoms with E-state index in [-0.39, 0.29) is 109 Å². The zero-order valence-electron chi connectivity index (χ0n) is 82.2. The first-order chi connectivity index (χ1) is 56.5. The van der Waals surface area contributed by atoms with Gasteiger partial charge in [0.1, 0.15) is 74.5 Å². The molecule has 0 aromatic heterocycles. The molecule has 20 nitrogen and oxygen atoms in total. The van der Waals surface area contributed by atoms with Gasteiger partial charge in [-0.3, -0.25) is 38.4 Å². The number of esters is 8. The maximum atomic E-state index is 12.6. The van der Waals surface area contributed by atoms with Crippen LogP contribution < -0.4 is 0 Å². The molecule has 4 atom stereocenters. The Balaban J connectivity index is -0.00000156. The Hall–Kier alpha value is -5.80. The summed E-state index contributed by atoms with van der Waals surface area (Å²) in [5.41, 5.74) is 6.00. The first-order valence-corrected chi connectivity index (χ1v) is 55.4. The first kappa shape index (κ1) is 122. The van der Waals surface area contributed by atoms with Crippen LogP contribution in [-0.4, -0.2) is 207 Å². The summed E-state index contributed by atoms with van der Waals surface area (Å²) in [7, 11) is 2.25. The second-order valence-electron chi connectivity index (χ2n) is 36.5. The Morgan fingerprint density at radius 1 is 0.290 bits per heavy atom.